The third-order valence-corrected chi connectivity index (χ3v) is 7.74. The molecule has 164 valence electrons. The molecule has 1 unspecified atom stereocenters. The second kappa shape index (κ2) is 9.13. The number of hydrogen-bond acceptors (Lipinski definition) is 5. The number of carbonyl (C=O) groups excluding carboxylic acids is 1. The van der Waals surface area contributed by atoms with Crippen molar-refractivity contribution in [1.29, 1.82) is 0 Å². The molecule has 2 heterocycles. The highest BCUT2D eigenvalue weighted by Crippen LogP contribution is 2.41. The summed E-state index contributed by atoms with van der Waals surface area (Å²) in [7, 11) is -1.44. The number of amides is 2. The summed E-state index contributed by atoms with van der Waals surface area (Å²) < 4.78 is 11.4. The Balaban J connectivity index is 0.000000187. The van der Waals surface area contributed by atoms with E-state index < -0.39 is 22.6 Å². The number of nitrogens with zero attached hydrogens (tertiary/aromatic N) is 1. The maximum absolute atomic E-state index is 11.2. The largest absolute Gasteiger partial charge is 0.386 e. The van der Waals surface area contributed by atoms with Gasteiger partial charge in [0, 0.05) is 17.3 Å². The quantitative estimate of drug-likeness (QED) is 0.567. The minimum Gasteiger partial charge on any atom is -0.386 e. The number of primary amides is 1. The number of urea groups is 1. The zero-order valence-electron chi connectivity index (χ0n) is 17.7. The Morgan fingerprint density at radius 2 is 2.03 bits per heavy atom. The van der Waals surface area contributed by atoms with Crippen LogP contribution in [0, 0.1) is 6.92 Å². The molecule has 7 nitrogen and oxygen atoms in total. The average Bonchev–Trinajstić information content (AvgIpc) is 3.26. The molecule has 2 amide bonds. The predicted octanol–water partition coefficient (Wildman–Crippen LogP) is 3.59. The summed E-state index contributed by atoms with van der Waals surface area (Å²) in [6.45, 7) is 5.42. The monoisotopic (exact) mass is 450 g/mol. The van der Waals surface area contributed by atoms with Crippen molar-refractivity contribution in [3.63, 3.8) is 0 Å². The van der Waals surface area contributed by atoms with Crippen molar-refractivity contribution in [3.05, 3.63) is 39.5 Å². The Bertz CT molecular complexity index is 962. The van der Waals surface area contributed by atoms with Crippen molar-refractivity contribution in [1.82, 2.24) is 4.98 Å². The molecule has 2 aliphatic rings. The van der Waals surface area contributed by atoms with Gasteiger partial charge in [-0.3, -0.25) is 4.98 Å². The van der Waals surface area contributed by atoms with Crippen molar-refractivity contribution in [3.8, 4) is 0 Å². The van der Waals surface area contributed by atoms with Crippen LogP contribution in [0.25, 0.3) is 0 Å². The maximum Gasteiger partial charge on any atom is 0.316 e. The molecule has 0 radical (unpaired) electrons. The summed E-state index contributed by atoms with van der Waals surface area (Å²) in [6, 6.07) is 1.19. The van der Waals surface area contributed by atoms with Crippen LogP contribution < -0.4 is 16.2 Å². The molecule has 1 saturated carbocycles. The molecule has 0 bridgehead atoms. The Morgan fingerprint density at radius 3 is 2.50 bits per heavy atom. The van der Waals surface area contributed by atoms with E-state index >= 15 is 0 Å². The molecule has 4 rings (SSSR count). The van der Waals surface area contributed by atoms with E-state index in [2.05, 4.69) is 12.2 Å². The Morgan fingerprint density at radius 1 is 1.33 bits per heavy atom. The highest BCUT2D eigenvalue weighted by atomic mass is 32.2. The van der Waals surface area contributed by atoms with Crippen LogP contribution in [-0.4, -0.2) is 20.3 Å². The summed E-state index contributed by atoms with van der Waals surface area (Å²) in [5.41, 5.74) is 10.8. The van der Waals surface area contributed by atoms with Crippen molar-refractivity contribution in [2.75, 3.05) is 5.32 Å². The Labute approximate surface area is 183 Å². The third kappa shape index (κ3) is 5.08. The summed E-state index contributed by atoms with van der Waals surface area (Å²) in [5, 5.41) is 19.3. The highest BCUT2D eigenvalue weighted by molar-refractivity contribution is 7.85. The molecule has 0 saturated heterocycles. The zero-order valence-corrected chi connectivity index (χ0v) is 19.3. The third-order valence-electron chi connectivity index (χ3n) is 5.73. The highest BCUT2D eigenvalue weighted by Gasteiger charge is 2.28. The number of thiophene rings is 1. The first-order chi connectivity index (χ1) is 14.1. The fraction of sp³-hybridized carbons (Fsp3) is 0.524. The fourth-order valence-electron chi connectivity index (χ4n) is 3.82. The van der Waals surface area contributed by atoms with Crippen molar-refractivity contribution in [2.45, 2.75) is 75.0 Å². The topological polar surface area (TPSA) is 131 Å². The van der Waals surface area contributed by atoms with Crippen molar-refractivity contribution >= 4 is 34.0 Å². The zero-order chi connectivity index (χ0) is 22.1. The summed E-state index contributed by atoms with van der Waals surface area (Å²) in [6.07, 6.45) is 6.91. The van der Waals surface area contributed by atoms with E-state index in [1.54, 1.807) is 25.3 Å². The van der Waals surface area contributed by atoms with Gasteiger partial charge in [0.05, 0.1) is 11.3 Å². The van der Waals surface area contributed by atoms with Gasteiger partial charge in [-0.2, -0.15) is 0 Å². The molecule has 1 fully saturated rings. The maximum atomic E-state index is 11.2. The number of hydrogen-bond donors (Lipinski definition) is 4. The Kier molecular flexibility index (Phi) is 6.96. The fourth-order valence-corrected chi connectivity index (χ4v) is 5.38. The van der Waals surface area contributed by atoms with Gasteiger partial charge in [-0.15, -0.1) is 11.3 Å². The van der Waals surface area contributed by atoms with Crippen LogP contribution >= 0.6 is 11.3 Å². The van der Waals surface area contributed by atoms with Gasteiger partial charge < -0.3 is 16.2 Å². The number of nitrogens with two attached hydrogens (primary N) is 2. The lowest BCUT2D eigenvalue weighted by Gasteiger charge is -2.28. The van der Waals surface area contributed by atoms with Gasteiger partial charge in [-0.1, -0.05) is 6.42 Å². The van der Waals surface area contributed by atoms with Crippen molar-refractivity contribution < 1.29 is 14.1 Å². The lowest BCUT2D eigenvalue weighted by molar-refractivity contribution is 0.0789. The molecule has 0 spiro atoms. The van der Waals surface area contributed by atoms with E-state index in [0.717, 1.165) is 36.1 Å². The number of rotatable bonds is 4. The molecular weight excluding hydrogens is 420 g/mol. The minimum atomic E-state index is -1.44. The van der Waals surface area contributed by atoms with E-state index in [1.165, 1.54) is 47.6 Å². The first kappa shape index (κ1) is 22.9. The molecule has 2 aromatic heterocycles. The van der Waals surface area contributed by atoms with Gasteiger partial charge in [-0.25, -0.2) is 14.1 Å². The van der Waals surface area contributed by atoms with Crippen LogP contribution in [0.4, 0.5) is 10.5 Å². The summed E-state index contributed by atoms with van der Waals surface area (Å²) in [4.78, 5) is 16.0. The number of aliphatic hydroxyl groups is 1. The number of nitrogens with one attached hydrogen (secondary N) is 1. The van der Waals surface area contributed by atoms with E-state index in [4.69, 9.17) is 15.9 Å². The van der Waals surface area contributed by atoms with Crippen LogP contribution in [0.1, 0.15) is 73.5 Å². The molecule has 9 heteroatoms. The lowest BCUT2D eigenvalue weighted by Crippen LogP contribution is -2.23. The SMILES string of the molecule is CC(C)(O)c1csc(S(N)=O)c1.Cc1c(C2CCC2)nc2c(c1NC(N)=O)CCC2. The molecular formula is C21H30N4O3S2. The van der Waals surface area contributed by atoms with E-state index in [-0.39, 0.29) is 0 Å². The molecule has 0 aromatic carbocycles. The van der Waals surface area contributed by atoms with Crippen LogP contribution in [-0.2, 0) is 29.4 Å². The molecule has 0 aliphatic heterocycles. The average molecular weight is 451 g/mol. The van der Waals surface area contributed by atoms with Gasteiger partial charge in [0.2, 0.25) is 0 Å². The van der Waals surface area contributed by atoms with Crippen molar-refractivity contribution in [2.24, 2.45) is 10.9 Å². The van der Waals surface area contributed by atoms with Gasteiger partial charge >= 0.3 is 6.03 Å². The molecule has 2 aromatic rings. The number of anilines is 1. The Hall–Kier alpha value is -1.81. The minimum absolute atomic E-state index is 0.474. The summed E-state index contributed by atoms with van der Waals surface area (Å²) >= 11 is 1.30. The predicted molar refractivity (Wildman–Crippen MR) is 121 cm³/mol. The van der Waals surface area contributed by atoms with Crippen LogP contribution in [0.5, 0.6) is 0 Å². The molecule has 30 heavy (non-hydrogen) atoms. The molecule has 2 aliphatic carbocycles. The second-order valence-electron chi connectivity index (χ2n) is 8.40. The van der Waals surface area contributed by atoms with Crippen LogP contribution in [0.2, 0.25) is 0 Å². The second-order valence-corrected chi connectivity index (χ2v) is 10.6. The van der Waals surface area contributed by atoms with E-state index in [0.29, 0.717) is 10.1 Å². The van der Waals surface area contributed by atoms with Crippen LogP contribution in [0.3, 0.4) is 0 Å². The number of aryl methyl sites for hydroxylation is 1. The molecule has 1 atom stereocenters. The summed E-state index contributed by atoms with van der Waals surface area (Å²) in [5.74, 6) is 0.587. The standard InChI is InChI=1S/C14H19N3O.C7H11NO2S2/c1-8-12(9-4-2-5-9)16-11-7-3-6-10(11)13(8)17-14(15)18;1-7(2,9)5-3-6(11-4-5)12(8)10/h9H,2-7H2,1H3,(H3,15,16,17,18);3-4,9H,8H2,1-2H3. The lowest BCUT2D eigenvalue weighted by atomic mass is 9.80. The number of fused-ring (bicyclic) bond motifs is 1. The van der Waals surface area contributed by atoms with E-state index in [1.807, 2.05) is 0 Å². The van der Waals surface area contributed by atoms with Gasteiger partial charge in [0.15, 0.2) is 0 Å². The smallest absolute Gasteiger partial charge is 0.316 e. The number of aromatic nitrogens is 1. The first-order valence-electron chi connectivity index (χ1n) is 10.1. The van der Waals surface area contributed by atoms with Gasteiger partial charge in [-0.05, 0) is 81.0 Å². The van der Waals surface area contributed by atoms with Gasteiger partial charge in [0.25, 0.3) is 0 Å². The van der Waals surface area contributed by atoms with Crippen LogP contribution in [0.15, 0.2) is 15.7 Å². The van der Waals surface area contributed by atoms with Gasteiger partial charge in [0.1, 0.15) is 15.2 Å². The normalized spacial score (nSPS) is 16.8. The number of pyridine rings is 1. The van der Waals surface area contributed by atoms with E-state index in [9.17, 15) is 14.1 Å². The number of carbonyl (C=O) groups is 1. The first-order valence-corrected chi connectivity index (χ1v) is 12.2. The molecule has 6 N–H and O–H groups in total.